The largest absolute Gasteiger partial charge is 0.381 e. The number of fused-ring (bicyclic) bond motifs is 1. The van der Waals surface area contributed by atoms with E-state index < -0.39 is 0 Å². The average Bonchev–Trinajstić information content (AvgIpc) is 3.22. The molecule has 1 N–H and O–H groups in total. The second kappa shape index (κ2) is 5.98. The highest BCUT2D eigenvalue weighted by Gasteiger charge is 2.25. The summed E-state index contributed by atoms with van der Waals surface area (Å²) in [7, 11) is 0. The van der Waals surface area contributed by atoms with Crippen molar-refractivity contribution in [2.75, 3.05) is 26.3 Å². The highest BCUT2D eigenvalue weighted by atomic mass is 32.1. The molecular formula is C14H21N5OS. The van der Waals surface area contributed by atoms with Gasteiger partial charge in [-0.3, -0.25) is 0 Å². The molecule has 4 rings (SSSR count). The highest BCUT2D eigenvalue weighted by Crippen LogP contribution is 2.26. The molecule has 2 aromatic rings. The van der Waals surface area contributed by atoms with E-state index in [4.69, 9.17) is 9.84 Å². The Morgan fingerprint density at radius 3 is 3.14 bits per heavy atom. The molecule has 0 aromatic carbocycles. The molecule has 2 aromatic heterocycles. The zero-order valence-corrected chi connectivity index (χ0v) is 12.9. The standard InChI is InChI=1S/C14H21N5OS/c1-2-10(8-15-6-1)3-4-12-18-19-13(11-5-7-20-9-11)16-17-14(19)21-12/h10-11,15H,1-9H2. The smallest absolute Gasteiger partial charge is 0.234 e. The molecule has 0 radical (unpaired) electrons. The topological polar surface area (TPSA) is 64.3 Å². The van der Waals surface area contributed by atoms with E-state index in [9.17, 15) is 0 Å². The van der Waals surface area contributed by atoms with E-state index in [0.717, 1.165) is 49.3 Å². The Balaban J connectivity index is 1.46. The van der Waals surface area contributed by atoms with Gasteiger partial charge in [-0.15, -0.1) is 10.2 Å². The Morgan fingerprint density at radius 1 is 1.33 bits per heavy atom. The summed E-state index contributed by atoms with van der Waals surface area (Å²) in [4.78, 5) is 0.925. The van der Waals surface area contributed by atoms with Crippen LogP contribution < -0.4 is 5.32 Å². The van der Waals surface area contributed by atoms with Gasteiger partial charge in [0, 0.05) is 18.9 Å². The zero-order valence-electron chi connectivity index (χ0n) is 12.1. The molecule has 114 valence electrons. The second-order valence-corrected chi connectivity index (χ2v) is 7.10. The van der Waals surface area contributed by atoms with Crippen LogP contribution in [0.3, 0.4) is 0 Å². The Morgan fingerprint density at radius 2 is 2.33 bits per heavy atom. The molecule has 2 fully saturated rings. The van der Waals surface area contributed by atoms with Gasteiger partial charge in [0.15, 0.2) is 5.82 Å². The first-order valence-electron chi connectivity index (χ1n) is 7.89. The maximum atomic E-state index is 5.45. The lowest BCUT2D eigenvalue weighted by Gasteiger charge is -2.21. The second-order valence-electron chi connectivity index (χ2n) is 6.06. The number of hydrogen-bond acceptors (Lipinski definition) is 6. The van der Waals surface area contributed by atoms with Crippen molar-refractivity contribution in [1.29, 1.82) is 0 Å². The van der Waals surface area contributed by atoms with E-state index in [1.54, 1.807) is 11.3 Å². The summed E-state index contributed by atoms with van der Waals surface area (Å²) in [5.74, 6) is 2.14. The Kier molecular flexibility index (Phi) is 3.87. The predicted molar refractivity (Wildman–Crippen MR) is 80.8 cm³/mol. The van der Waals surface area contributed by atoms with Crippen molar-refractivity contribution in [3.63, 3.8) is 0 Å². The SMILES string of the molecule is C1CNCC(CCc2nn3c(C4CCOC4)nnc3s2)C1. The molecule has 6 nitrogen and oxygen atoms in total. The average molecular weight is 307 g/mol. The maximum Gasteiger partial charge on any atom is 0.234 e. The Bertz CT molecular complexity index is 598. The molecule has 21 heavy (non-hydrogen) atoms. The van der Waals surface area contributed by atoms with Gasteiger partial charge in [-0.05, 0) is 44.7 Å². The van der Waals surface area contributed by atoms with Gasteiger partial charge in [-0.25, -0.2) is 0 Å². The van der Waals surface area contributed by atoms with Gasteiger partial charge in [0.1, 0.15) is 5.01 Å². The number of nitrogens with zero attached hydrogens (tertiary/aromatic N) is 4. The molecular weight excluding hydrogens is 286 g/mol. The van der Waals surface area contributed by atoms with Crippen molar-refractivity contribution in [1.82, 2.24) is 25.1 Å². The lowest BCUT2D eigenvalue weighted by molar-refractivity contribution is 0.193. The molecule has 7 heteroatoms. The molecule has 0 spiro atoms. The van der Waals surface area contributed by atoms with Gasteiger partial charge in [0.25, 0.3) is 0 Å². The number of aromatic nitrogens is 4. The van der Waals surface area contributed by atoms with Crippen LogP contribution >= 0.6 is 11.3 Å². The summed E-state index contributed by atoms with van der Waals surface area (Å²) in [5.41, 5.74) is 0. The van der Waals surface area contributed by atoms with Gasteiger partial charge in [0.05, 0.1) is 6.61 Å². The van der Waals surface area contributed by atoms with Crippen molar-refractivity contribution in [2.24, 2.45) is 5.92 Å². The number of piperidine rings is 1. The van der Waals surface area contributed by atoms with E-state index in [-0.39, 0.29) is 0 Å². The number of aryl methyl sites for hydroxylation is 1. The zero-order chi connectivity index (χ0) is 14.1. The van der Waals surface area contributed by atoms with Crippen LogP contribution in [0.5, 0.6) is 0 Å². The summed E-state index contributed by atoms with van der Waals surface area (Å²) in [6, 6.07) is 0. The summed E-state index contributed by atoms with van der Waals surface area (Å²) >= 11 is 1.68. The number of rotatable bonds is 4. The third-order valence-corrected chi connectivity index (χ3v) is 5.48. The molecule has 0 saturated carbocycles. The van der Waals surface area contributed by atoms with Crippen molar-refractivity contribution in [3.8, 4) is 0 Å². The number of ether oxygens (including phenoxy) is 1. The minimum Gasteiger partial charge on any atom is -0.381 e. The molecule has 2 aliphatic heterocycles. The van der Waals surface area contributed by atoms with Gasteiger partial charge in [-0.2, -0.15) is 9.61 Å². The van der Waals surface area contributed by atoms with Gasteiger partial charge >= 0.3 is 0 Å². The first-order valence-corrected chi connectivity index (χ1v) is 8.71. The fourth-order valence-corrected chi connectivity index (χ4v) is 4.12. The van der Waals surface area contributed by atoms with E-state index in [1.165, 1.54) is 30.8 Å². The fourth-order valence-electron chi connectivity index (χ4n) is 3.26. The molecule has 2 unspecified atom stereocenters. The minimum atomic E-state index is 0.359. The quantitative estimate of drug-likeness (QED) is 0.930. The molecule has 0 bridgehead atoms. The Hall–Kier alpha value is -1.05. The Labute approximate surface area is 127 Å². The van der Waals surface area contributed by atoms with Crippen LogP contribution in [-0.2, 0) is 11.2 Å². The maximum absolute atomic E-state index is 5.45. The van der Waals surface area contributed by atoms with Crippen molar-refractivity contribution in [3.05, 3.63) is 10.8 Å². The highest BCUT2D eigenvalue weighted by molar-refractivity contribution is 7.16. The molecule has 4 heterocycles. The fraction of sp³-hybridized carbons (Fsp3) is 0.786. The predicted octanol–water partition coefficient (Wildman–Crippen LogP) is 1.62. The van der Waals surface area contributed by atoms with E-state index in [1.807, 2.05) is 4.52 Å². The van der Waals surface area contributed by atoms with Gasteiger partial charge < -0.3 is 10.1 Å². The minimum absolute atomic E-state index is 0.359. The first-order chi connectivity index (χ1) is 10.4. The van der Waals surface area contributed by atoms with Crippen LogP contribution in [0.25, 0.3) is 4.96 Å². The van der Waals surface area contributed by atoms with Crippen LogP contribution in [0.2, 0.25) is 0 Å². The van der Waals surface area contributed by atoms with Crippen LogP contribution in [0, 0.1) is 5.92 Å². The number of nitrogens with one attached hydrogen (secondary N) is 1. The van der Waals surface area contributed by atoms with E-state index >= 15 is 0 Å². The number of hydrogen-bond donors (Lipinski definition) is 1. The lowest BCUT2D eigenvalue weighted by atomic mass is 9.95. The lowest BCUT2D eigenvalue weighted by Crippen LogP contribution is -2.29. The molecule has 2 aliphatic rings. The molecule has 2 saturated heterocycles. The molecule has 2 atom stereocenters. The summed E-state index contributed by atoms with van der Waals surface area (Å²) < 4.78 is 7.39. The normalized spacial score (nSPS) is 26.7. The third kappa shape index (κ3) is 2.82. The van der Waals surface area contributed by atoms with Gasteiger partial charge in [-0.1, -0.05) is 11.3 Å². The molecule has 0 amide bonds. The van der Waals surface area contributed by atoms with Crippen molar-refractivity contribution < 1.29 is 4.74 Å². The first kappa shape index (κ1) is 13.6. The van der Waals surface area contributed by atoms with Gasteiger partial charge in [0.2, 0.25) is 4.96 Å². The third-order valence-electron chi connectivity index (χ3n) is 4.52. The van der Waals surface area contributed by atoms with Crippen molar-refractivity contribution >= 4 is 16.3 Å². The summed E-state index contributed by atoms with van der Waals surface area (Å²) in [6.45, 7) is 3.92. The van der Waals surface area contributed by atoms with Crippen LogP contribution in [0.4, 0.5) is 0 Å². The summed E-state index contributed by atoms with van der Waals surface area (Å²) in [6.07, 6.45) is 5.96. The monoisotopic (exact) mass is 307 g/mol. The molecule has 0 aliphatic carbocycles. The van der Waals surface area contributed by atoms with Crippen LogP contribution in [-0.4, -0.2) is 46.1 Å². The van der Waals surface area contributed by atoms with Crippen molar-refractivity contribution in [2.45, 2.75) is 38.0 Å². The van der Waals surface area contributed by atoms with Crippen LogP contribution in [0.15, 0.2) is 0 Å². The van der Waals surface area contributed by atoms with E-state index in [2.05, 4.69) is 15.5 Å². The van der Waals surface area contributed by atoms with E-state index in [0.29, 0.717) is 5.92 Å². The van der Waals surface area contributed by atoms with Crippen LogP contribution in [0.1, 0.15) is 42.4 Å². The summed E-state index contributed by atoms with van der Waals surface area (Å²) in [5, 5.41) is 18.0.